The molecule has 3 nitrogen and oxygen atoms in total. The number of anilines is 1. The summed E-state index contributed by atoms with van der Waals surface area (Å²) >= 11 is 0. The van der Waals surface area contributed by atoms with Gasteiger partial charge in [0, 0.05) is 18.4 Å². The van der Waals surface area contributed by atoms with E-state index in [4.69, 9.17) is 0 Å². The van der Waals surface area contributed by atoms with E-state index in [0.29, 0.717) is 0 Å². The number of hydrogen-bond acceptors (Lipinski definition) is 3. The number of aryl methyl sites for hydroxylation is 1. The first-order chi connectivity index (χ1) is 9.31. The van der Waals surface area contributed by atoms with Crippen LogP contribution >= 0.6 is 0 Å². The van der Waals surface area contributed by atoms with Crippen LogP contribution in [-0.2, 0) is 12.8 Å². The lowest BCUT2D eigenvalue weighted by Crippen LogP contribution is -2.11. The lowest BCUT2D eigenvalue weighted by atomic mass is 10.0. The van der Waals surface area contributed by atoms with Gasteiger partial charge in [-0.05, 0) is 49.3 Å². The van der Waals surface area contributed by atoms with Crippen LogP contribution in [0.15, 0.2) is 36.5 Å². The molecule has 0 unspecified atom stereocenters. The zero-order valence-electron chi connectivity index (χ0n) is 11.3. The summed E-state index contributed by atoms with van der Waals surface area (Å²) in [5, 5.41) is 3.32. The molecule has 0 saturated heterocycles. The molecule has 98 valence electrons. The Bertz CT molecular complexity index is 540. The predicted molar refractivity (Wildman–Crippen MR) is 77.2 cm³/mol. The van der Waals surface area contributed by atoms with Crippen LogP contribution < -0.4 is 5.32 Å². The van der Waals surface area contributed by atoms with Gasteiger partial charge in [-0.3, -0.25) is 0 Å². The zero-order chi connectivity index (χ0) is 13.1. The van der Waals surface area contributed by atoms with Crippen LogP contribution in [0.4, 0.5) is 5.95 Å². The van der Waals surface area contributed by atoms with Crippen LogP contribution in [0.5, 0.6) is 0 Å². The number of benzene rings is 1. The van der Waals surface area contributed by atoms with Crippen LogP contribution in [-0.4, -0.2) is 16.5 Å². The Morgan fingerprint density at radius 3 is 2.58 bits per heavy atom. The van der Waals surface area contributed by atoms with Crippen LogP contribution in [0, 0.1) is 12.8 Å². The van der Waals surface area contributed by atoms with E-state index < -0.39 is 0 Å². The van der Waals surface area contributed by atoms with Crippen molar-refractivity contribution in [1.82, 2.24) is 9.97 Å². The Balaban J connectivity index is 1.50. The maximum Gasteiger partial charge on any atom is 0.222 e. The second kappa shape index (κ2) is 5.39. The first-order valence-electron chi connectivity index (χ1n) is 6.91. The van der Waals surface area contributed by atoms with E-state index in [2.05, 4.69) is 39.6 Å². The van der Waals surface area contributed by atoms with E-state index in [1.54, 1.807) is 6.20 Å². The van der Waals surface area contributed by atoms with E-state index >= 15 is 0 Å². The molecule has 0 amide bonds. The molecule has 0 bridgehead atoms. The summed E-state index contributed by atoms with van der Waals surface area (Å²) in [5.74, 6) is 1.50. The van der Waals surface area contributed by atoms with E-state index in [0.717, 1.165) is 24.1 Å². The van der Waals surface area contributed by atoms with Crippen LogP contribution in [0.25, 0.3) is 0 Å². The highest BCUT2D eigenvalue weighted by Gasteiger charge is 2.20. The number of rotatable bonds is 4. The fraction of sp³-hybridized carbons (Fsp3) is 0.375. The second-order valence-corrected chi connectivity index (χ2v) is 5.28. The summed E-state index contributed by atoms with van der Waals surface area (Å²) in [6.07, 6.45) is 5.40. The van der Waals surface area contributed by atoms with Crippen LogP contribution in [0.3, 0.4) is 0 Å². The minimum Gasteiger partial charge on any atom is -0.354 e. The van der Waals surface area contributed by atoms with Gasteiger partial charge in [-0.25, -0.2) is 9.97 Å². The smallest absolute Gasteiger partial charge is 0.222 e. The van der Waals surface area contributed by atoms with Crippen molar-refractivity contribution in [2.75, 3.05) is 11.9 Å². The minimum absolute atomic E-state index is 0.746. The van der Waals surface area contributed by atoms with E-state index in [-0.39, 0.29) is 0 Å². The van der Waals surface area contributed by atoms with Crippen LogP contribution in [0.2, 0.25) is 0 Å². The summed E-state index contributed by atoms with van der Waals surface area (Å²) < 4.78 is 0. The Hall–Kier alpha value is -1.90. The first-order valence-corrected chi connectivity index (χ1v) is 6.91. The normalized spacial score (nSPS) is 14.4. The van der Waals surface area contributed by atoms with E-state index in [1.807, 2.05) is 13.0 Å². The van der Waals surface area contributed by atoms with Crippen molar-refractivity contribution < 1.29 is 0 Å². The standard InChI is InChI=1S/C16H19N3/c1-12-6-8-17-16(19-12)18-9-7-13-10-14-4-2-3-5-15(14)11-13/h2-6,8,13H,7,9-11H2,1H3,(H,17,18,19). The molecule has 2 aromatic rings. The zero-order valence-corrected chi connectivity index (χ0v) is 11.3. The quantitative estimate of drug-likeness (QED) is 0.910. The average molecular weight is 253 g/mol. The third kappa shape index (κ3) is 2.92. The molecule has 1 aromatic carbocycles. The molecular formula is C16H19N3. The highest BCUT2D eigenvalue weighted by atomic mass is 15.1. The van der Waals surface area contributed by atoms with Crippen molar-refractivity contribution in [3.05, 3.63) is 53.3 Å². The topological polar surface area (TPSA) is 37.8 Å². The van der Waals surface area contributed by atoms with Gasteiger partial charge in [0.25, 0.3) is 0 Å². The molecule has 19 heavy (non-hydrogen) atoms. The van der Waals surface area contributed by atoms with E-state index in [9.17, 15) is 0 Å². The highest BCUT2D eigenvalue weighted by Crippen LogP contribution is 2.28. The summed E-state index contributed by atoms with van der Waals surface area (Å²) in [7, 11) is 0. The fourth-order valence-electron chi connectivity index (χ4n) is 2.78. The monoisotopic (exact) mass is 253 g/mol. The Kier molecular flexibility index (Phi) is 3.45. The van der Waals surface area contributed by atoms with Gasteiger partial charge in [0.05, 0.1) is 0 Å². The van der Waals surface area contributed by atoms with Gasteiger partial charge in [-0.15, -0.1) is 0 Å². The van der Waals surface area contributed by atoms with Gasteiger partial charge in [-0.1, -0.05) is 24.3 Å². The molecular weight excluding hydrogens is 234 g/mol. The summed E-state index contributed by atoms with van der Waals surface area (Å²) in [4.78, 5) is 8.58. The number of nitrogens with one attached hydrogen (secondary N) is 1. The molecule has 1 aliphatic rings. The largest absolute Gasteiger partial charge is 0.354 e. The summed E-state index contributed by atoms with van der Waals surface area (Å²) in [5.41, 5.74) is 4.06. The molecule has 0 aliphatic heterocycles. The summed E-state index contributed by atoms with van der Waals surface area (Å²) in [6.45, 7) is 2.93. The van der Waals surface area contributed by atoms with Crippen LogP contribution in [0.1, 0.15) is 23.2 Å². The van der Waals surface area contributed by atoms with Gasteiger partial charge in [0.2, 0.25) is 5.95 Å². The summed E-state index contributed by atoms with van der Waals surface area (Å²) in [6, 6.07) is 10.7. The molecule has 0 atom stereocenters. The average Bonchev–Trinajstić information content (AvgIpc) is 2.81. The lowest BCUT2D eigenvalue weighted by Gasteiger charge is -2.10. The van der Waals surface area contributed by atoms with Gasteiger partial charge in [-0.2, -0.15) is 0 Å². The molecule has 3 rings (SSSR count). The Labute approximate surface area is 114 Å². The molecule has 0 radical (unpaired) electrons. The molecule has 3 heteroatoms. The number of fused-ring (bicyclic) bond motifs is 1. The van der Waals surface area contributed by atoms with Crippen molar-refractivity contribution in [3.8, 4) is 0 Å². The Morgan fingerprint density at radius 1 is 1.16 bits per heavy atom. The first kappa shape index (κ1) is 12.2. The van der Waals surface area contributed by atoms with Gasteiger partial charge in [0.1, 0.15) is 0 Å². The predicted octanol–water partition coefficient (Wildman–Crippen LogP) is 3.00. The molecule has 0 spiro atoms. The third-order valence-corrected chi connectivity index (χ3v) is 3.77. The molecule has 0 saturated carbocycles. The Morgan fingerprint density at radius 2 is 1.89 bits per heavy atom. The SMILES string of the molecule is Cc1ccnc(NCCC2Cc3ccccc3C2)n1. The molecule has 1 N–H and O–H groups in total. The van der Waals surface area contributed by atoms with E-state index in [1.165, 1.54) is 30.4 Å². The highest BCUT2D eigenvalue weighted by molar-refractivity contribution is 5.32. The molecule has 1 aromatic heterocycles. The number of aromatic nitrogens is 2. The molecule has 1 heterocycles. The molecule has 1 aliphatic carbocycles. The number of hydrogen-bond donors (Lipinski definition) is 1. The number of nitrogens with zero attached hydrogens (tertiary/aromatic N) is 2. The van der Waals surface area contributed by atoms with Gasteiger partial charge in [0.15, 0.2) is 0 Å². The lowest BCUT2D eigenvalue weighted by molar-refractivity contribution is 0.529. The maximum atomic E-state index is 4.35. The van der Waals surface area contributed by atoms with Crippen molar-refractivity contribution in [2.24, 2.45) is 5.92 Å². The minimum atomic E-state index is 0.746. The molecule has 0 fully saturated rings. The third-order valence-electron chi connectivity index (χ3n) is 3.77. The maximum absolute atomic E-state index is 4.35. The second-order valence-electron chi connectivity index (χ2n) is 5.28. The van der Waals surface area contributed by atoms with Crippen molar-refractivity contribution in [2.45, 2.75) is 26.2 Å². The van der Waals surface area contributed by atoms with Crippen molar-refractivity contribution in [1.29, 1.82) is 0 Å². The van der Waals surface area contributed by atoms with Crippen molar-refractivity contribution in [3.63, 3.8) is 0 Å². The van der Waals surface area contributed by atoms with Gasteiger partial charge < -0.3 is 5.32 Å². The van der Waals surface area contributed by atoms with Gasteiger partial charge >= 0.3 is 0 Å². The fourth-order valence-corrected chi connectivity index (χ4v) is 2.78. The van der Waals surface area contributed by atoms with Crippen molar-refractivity contribution >= 4 is 5.95 Å².